The first-order valence-corrected chi connectivity index (χ1v) is 14.7. The number of hydrogen-bond acceptors (Lipinski definition) is 5. The molecule has 0 radical (unpaired) electrons. The number of fused-ring (bicyclic) bond motifs is 4. The lowest BCUT2D eigenvalue weighted by Gasteiger charge is -2.44. The fraction of sp³-hybridized carbons (Fsp3) is 0.258. The van der Waals surface area contributed by atoms with E-state index in [-0.39, 0.29) is 40.3 Å². The molecule has 2 unspecified atom stereocenters. The summed E-state index contributed by atoms with van der Waals surface area (Å²) in [6.45, 7) is 2.40. The van der Waals surface area contributed by atoms with Gasteiger partial charge in [-0.25, -0.2) is 4.39 Å². The van der Waals surface area contributed by atoms with Crippen LogP contribution >= 0.6 is 22.9 Å². The molecule has 2 bridgehead atoms. The largest absolute Gasteiger partial charge is 0.369 e. The van der Waals surface area contributed by atoms with E-state index in [1.807, 2.05) is 34.2 Å². The molecule has 210 valence electrons. The molecule has 6 rings (SSSR count). The van der Waals surface area contributed by atoms with Crippen LogP contribution in [0.2, 0.25) is 5.02 Å². The van der Waals surface area contributed by atoms with E-state index in [1.165, 1.54) is 12.1 Å². The lowest BCUT2D eigenvalue weighted by Crippen LogP contribution is -2.47. The van der Waals surface area contributed by atoms with Crippen LogP contribution in [0, 0.1) is 11.7 Å². The average molecular weight is 591 g/mol. The molecule has 2 amide bonds. The van der Waals surface area contributed by atoms with Crippen molar-refractivity contribution in [3.63, 3.8) is 0 Å². The number of anilines is 2. The summed E-state index contributed by atoms with van der Waals surface area (Å²) in [5.74, 6) is -0.834. The van der Waals surface area contributed by atoms with Gasteiger partial charge in [0.05, 0.1) is 24.3 Å². The van der Waals surface area contributed by atoms with Crippen LogP contribution in [0.3, 0.4) is 0 Å². The summed E-state index contributed by atoms with van der Waals surface area (Å²) in [5, 5.41) is 7.99. The molecule has 2 N–H and O–H groups in total. The van der Waals surface area contributed by atoms with Gasteiger partial charge >= 0.3 is 0 Å². The van der Waals surface area contributed by atoms with Crippen LogP contribution in [0.25, 0.3) is 0 Å². The number of hydrogen-bond donors (Lipinski definition) is 2. The number of carbonyl (C=O) groups is 2. The Morgan fingerprint density at radius 3 is 2.68 bits per heavy atom. The molecular formula is C31H28ClFN4O3S. The van der Waals surface area contributed by atoms with Crippen molar-refractivity contribution < 1.29 is 14.0 Å². The number of halogens is 2. The Bertz CT molecular complexity index is 1650. The average Bonchev–Trinajstić information content (AvgIpc) is 3.48. The van der Waals surface area contributed by atoms with E-state index in [9.17, 15) is 18.8 Å². The van der Waals surface area contributed by atoms with Gasteiger partial charge in [-0.2, -0.15) is 0 Å². The van der Waals surface area contributed by atoms with Crippen LogP contribution in [0.15, 0.2) is 76.9 Å². The van der Waals surface area contributed by atoms with Crippen molar-refractivity contribution in [2.45, 2.75) is 31.8 Å². The number of thiophene rings is 1. The predicted molar refractivity (Wildman–Crippen MR) is 159 cm³/mol. The van der Waals surface area contributed by atoms with Gasteiger partial charge in [0, 0.05) is 58.3 Å². The van der Waals surface area contributed by atoms with Crippen LogP contribution in [0.4, 0.5) is 15.8 Å². The van der Waals surface area contributed by atoms with E-state index < -0.39 is 11.7 Å². The first-order chi connectivity index (χ1) is 19.9. The molecule has 41 heavy (non-hydrogen) atoms. The molecule has 4 heterocycles. The summed E-state index contributed by atoms with van der Waals surface area (Å²) in [5.41, 5.74) is 2.79. The summed E-state index contributed by atoms with van der Waals surface area (Å²) in [7, 11) is 0. The number of nitrogens with one attached hydrogen (secondary N) is 2. The zero-order valence-corrected chi connectivity index (χ0v) is 23.7. The maximum absolute atomic E-state index is 14.4. The lowest BCUT2D eigenvalue weighted by molar-refractivity contribution is -0.115. The van der Waals surface area contributed by atoms with Gasteiger partial charge in [0.15, 0.2) is 0 Å². The van der Waals surface area contributed by atoms with E-state index in [0.29, 0.717) is 37.4 Å². The van der Waals surface area contributed by atoms with Crippen molar-refractivity contribution in [2.24, 2.45) is 5.92 Å². The Balaban J connectivity index is 1.29. The highest BCUT2D eigenvalue weighted by Crippen LogP contribution is 2.39. The molecule has 0 spiro atoms. The van der Waals surface area contributed by atoms with E-state index in [0.717, 1.165) is 22.7 Å². The Morgan fingerprint density at radius 2 is 1.88 bits per heavy atom. The molecule has 0 aliphatic carbocycles. The van der Waals surface area contributed by atoms with Gasteiger partial charge in [-0.15, -0.1) is 11.3 Å². The van der Waals surface area contributed by atoms with Crippen LogP contribution in [-0.2, 0) is 24.3 Å². The lowest BCUT2D eigenvalue weighted by atomic mass is 9.83. The number of benzene rings is 2. The normalized spacial score (nSPS) is 17.6. The minimum Gasteiger partial charge on any atom is -0.369 e. The predicted octanol–water partition coefficient (Wildman–Crippen LogP) is 5.44. The molecule has 2 aromatic carbocycles. The van der Waals surface area contributed by atoms with Gasteiger partial charge < -0.3 is 20.1 Å². The Morgan fingerprint density at radius 1 is 1.02 bits per heavy atom. The Labute approximate surface area is 245 Å². The molecule has 2 aliphatic rings. The molecule has 2 aliphatic heterocycles. The number of piperidine rings is 1. The third-order valence-corrected chi connectivity index (χ3v) is 8.99. The van der Waals surface area contributed by atoms with Crippen molar-refractivity contribution in [2.75, 3.05) is 23.3 Å². The summed E-state index contributed by atoms with van der Waals surface area (Å²) in [4.78, 5) is 41.9. The monoisotopic (exact) mass is 590 g/mol. The minimum absolute atomic E-state index is 0.0170. The smallest absolute Gasteiger partial charge is 0.251 e. The van der Waals surface area contributed by atoms with Crippen LogP contribution in [-0.4, -0.2) is 29.5 Å². The number of carbonyl (C=O) groups excluding carboxylic acids is 2. The molecule has 2 atom stereocenters. The van der Waals surface area contributed by atoms with Gasteiger partial charge in [0.2, 0.25) is 5.91 Å². The van der Waals surface area contributed by atoms with Crippen molar-refractivity contribution in [3.05, 3.63) is 115 Å². The second-order valence-electron chi connectivity index (χ2n) is 10.5. The maximum atomic E-state index is 14.4. The molecule has 7 nitrogen and oxygen atoms in total. The fourth-order valence-electron chi connectivity index (χ4n) is 5.89. The molecule has 4 aromatic rings. The van der Waals surface area contributed by atoms with E-state index in [4.69, 9.17) is 11.6 Å². The SMILES string of the molecule is O=C(Cc1c(F)cccc1Cl)Nc1cc(C(=O)NCc2cccs2)ccc1N1CC2CC(C1)c1cccc(=O)n1C2. The van der Waals surface area contributed by atoms with Gasteiger partial charge in [-0.3, -0.25) is 14.4 Å². The van der Waals surface area contributed by atoms with Gasteiger partial charge in [-0.05, 0) is 60.2 Å². The molecule has 10 heteroatoms. The number of aromatic nitrogens is 1. The number of amides is 2. The zero-order chi connectivity index (χ0) is 28.5. The minimum atomic E-state index is -0.549. The molecule has 1 fully saturated rings. The summed E-state index contributed by atoms with van der Waals surface area (Å²) < 4.78 is 16.3. The fourth-order valence-corrected chi connectivity index (χ4v) is 6.76. The summed E-state index contributed by atoms with van der Waals surface area (Å²) >= 11 is 7.73. The standard InChI is InChI=1S/C31H28ClFN4O3S/c32-24-5-1-6-25(33)23(24)14-29(38)35-26-13-20(31(40)34-15-22-4-3-11-41-22)9-10-28(26)36-16-19-12-21(18-36)27-7-2-8-30(39)37(27)17-19/h1-11,13,19,21H,12,14-18H2,(H,34,40)(H,35,38). The highest BCUT2D eigenvalue weighted by atomic mass is 35.5. The molecular weight excluding hydrogens is 563 g/mol. The zero-order valence-electron chi connectivity index (χ0n) is 22.1. The van der Waals surface area contributed by atoms with Crippen LogP contribution in [0.1, 0.15) is 38.8 Å². The molecule has 2 aromatic heterocycles. The Hall–Kier alpha value is -3.95. The second kappa shape index (κ2) is 11.5. The number of pyridine rings is 1. The molecule has 0 saturated carbocycles. The first kappa shape index (κ1) is 27.2. The number of nitrogens with zero attached hydrogens (tertiary/aromatic N) is 2. The molecule has 1 saturated heterocycles. The topological polar surface area (TPSA) is 83.4 Å². The third kappa shape index (κ3) is 5.78. The van der Waals surface area contributed by atoms with Crippen molar-refractivity contribution in [1.82, 2.24) is 9.88 Å². The second-order valence-corrected chi connectivity index (χ2v) is 12.0. The van der Waals surface area contributed by atoms with E-state index in [2.05, 4.69) is 15.5 Å². The van der Waals surface area contributed by atoms with Gasteiger partial charge in [0.1, 0.15) is 5.82 Å². The van der Waals surface area contributed by atoms with E-state index >= 15 is 0 Å². The van der Waals surface area contributed by atoms with Crippen molar-refractivity contribution in [3.8, 4) is 0 Å². The van der Waals surface area contributed by atoms with Crippen LogP contribution < -0.4 is 21.1 Å². The first-order valence-electron chi connectivity index (χ1n) is 13.5. The van der Waals surface area contributed by atoms with E-state index in [1.54, 1.807) is 41.7 Å². The third-order valence-electron chi connectivity index (χ3n) is 7.76. The van der Waals surface area contributed by atoms with Crippen molar-refractivity contribution in [1.29, 1.82) is 0 Å². The quantitative estimate of drug-likeness (QED) is 0.300. The van der Waals surface area contributed by atoms with Crippen molar-refractivity contribution >= 4 is 46.1 Å². The van der Waals surface area contributed by atoms with Gasteiger partial charge in [-0.1, -0.05) is 29.8 Å². The number of rotatable bonds is 7. The summed E-state index contributed by atoms with van der Waals surface area (Å²) in [6, 6.07) is 18.9. The van der Waals surface area contributed by atoms with Crippen LogP contribution in [0.5, 0.6) is 0 Å². The highest BCUT2D eigenvalue weighted by Gasteiger charge is 2.35. The highest BCUT2D eigenvalue weighted by molar-refractivity contribution is 7.09. The summed E-state index contributed by atoms with van der Waals surface area (Å²) in [6.07, 6.45) is 0.734. The Kier molecular flexibility index (Phi) is 7.64. The van der Waals surface area contributed by atoms with Gasteiger partial charge in [0.25, 0.3) is 11.5 Å². The maximum Gasteiger partial charge on any atom is 0.251 e.